The zero-order chi connectivity index (χ0) is 15.6. The number of fused-ring (bicyclic) bond motifs is 2. The molecule has 0 radical (unpaired) electrons. The Balaban J connectivity index is 1.43. The van der Waals surface area contributed by atoms with E-state index < -0.39 is 6.09 Å². The third kappa shape index (κ3) is 3.09. The number of amides is 1. The lowest BCUT2D eigenvalue weighted by molar-refractivity contribution is 0.215. The second-order valence-corrected chi connectivity index (χ2v) is 6.73. The first kappa shape index (κ1) is 14.3. The fourth-order valence-electron chi connectivity index (χ4n) is 4.23. The van der Waals surface area contributed by atoms with Crippen molar-refractivity contribution in [3.05, 3.63) is 60.2 Å². The average molecular weight is 307 g/mol. The van der Waals surface area contributed by atoms with Crippen molar-refractivity contribution in [2.75, 3.05) is 5.32 Å². The Bertz CT molecular complexity index is 698. The van der Waals surface area contributed by atoms with E-state index in [2.05, 4.69) is 11.4 Å². The molecule has 2 fully saturated rings. The summed E-state index contributed by atoms with van der Waals surface area (Å²) in [5, 5.41) is 2.75. The third-order valence-electron chi connectivity index (χ3n) is 5.26. The van der Waals surface area contributed by atoms with Gasteiger partial charge >= 0.3 is 6.09 Å². The van der Waals surface area contributed by atoms with Crippen LogP contribution in [0.3, 0.4) is 0 Å². The zero-order valence-corrected chi connectivity index (χ0v) is 13.1. The Morgan fingerprint density at radius 1 is 1.00 bits per heavy atom. The van der Waals surface area contributed by atoms with Crippen LogP contribution in [0, 0.1) is 11.8 Å². The van der Waals surface area contributed by atoms with Crippen molar-refractivity contribution in [1.82, 2.24) is 0 Å². The Morgan fingerprint density at radius 3 is 2.61 bits per heavy atom. The highest BCUT2D eigenvalue weighted by atomic mass is 16.6. The number of ether oxygens (including phenoxy) is 1. The summed E-state index contributed by atoms with van der Waals surface area (Å²) in [7, 11) is 0. The van der Waals surface area contributed by atoms with Crippen LogP contribution in [-0.2, 0) is 0 Å². The second kappa shape index (κ2) is 6.07. The van der Waals surface area contributed by atoms with Crippen molar-refractivity contribution >= 4 is 11.8 Å². The molecule has 23 heavy (non-hydrogen) atoms. The summed E-state index contributed by atoms with van der Waals surface area (Å²) in [6.07, 6.45) is 4.99. The van der Waals surface area contributed by atoms with E-state index in [0.29, 0.717) is 11.7 Å². The standard InChI is InChI=1S/C20H21NO2/c22-20(21-17-6-2-1-3-7-17)23-18-8-4-5-15(13-18)19-12-14-9-10-16(19)11-14/h1-8,13-14,16,19H,9-12H2,(H,21,22)/t14-,16+,19-/m1/s1. The molecule has 2 aromatic rings. The first-order valence-electron chi connectivity index (χ1n) is 8.42. The molecule has 0 saturated heterocycles. The van der Waals surface area contributed by atoms with Crippen LogP contribution in [0.1, 0.15) is 37.2 Å². The van der Waals surface area contributed by atoms with Crippen LogP contribution < -0.4 is 10.1 Å². The average Bonchev–Trinajstić information content (AvgIpc) is 3.19. The maximum atomic E-state index is 12.0. The van der Waals surface area contributed by atoms with E-state index in [-0.39, 0.29) is 0 Å². The predicted octanol–water partition coefficient (Wildman–Crippen LogP) is 5.20. The van der Waals surface area contributed by atoms with Crippen LogP contribution in [0.5, 0.6) is 5.75 Å². The van der Waals surface area contributed by atoms with E-state index in [9.17, 15) is 4.79 Å². The lowest BCUT2D eigenvalue weighted by Crippen LogP contribution is -2.17. The number of benzene rings is 2. The lowest BCUT2D eigenvalue weighted by atomic mass is 9.83. The van der Waals surface area contributed by atoms with Gasteiger partial charge in [-0.2, -0.15) is 0 Å². The Morgan fingerprint density at radius 2 is 1.87 bits per heavy atom. The van der Waals surface area contributed by atoms with Crippen LogP contribution in [-0.4, -0.2) is 6.09 Å². The molecule has 1 N–H and O–H groups in total. The quantitative estimate of drug-likeness (QED) is 0.846. The summed E-state index contributed by atoms with van der Waals surface area (Å²) in [5.74, 6) is 3.01. The van der Waals surface area contributed by atoms with Gasteiger partial charge in [0, 0.05) is 5.69 Å². The molecule has 3 heteroatoms. The van der Waals surface area contributed by atoms with Gasteiger partial charge in [-0.15, -0.1) is 0 Å². The smallest absolute Gasteiger partial charge is 0.410 e. The zero-order valence-electron chi connectivity index (χ0n) is 13.1. The van der Waals surface area contributed by atoms with Gasteiger partial charge in [0.05, 0.1) is 0 Å². The van der Waals surface area contributed by atoms with Crippen molar-refractivity contribution < 1.29 is 9.53 Å². The summed E-state index contributed by atoms with van der Waals surface area (Å²) < 4.78 is 5.45. The Kier molecular flexibility index (Phi) is 3.78. The number of hydrogen-bond acceptors (Lipinski definition) is 2. The van der Waals surface area contributed by atoms with Crippen molar-refractivity contribution in [3.8, 4) is 5.75 Å². The molecule has 2 aliphatic rings. The van der Waals surface area contributed by atoms with Crippen LogP contribution in [0.2, 0.25) is 0 Å². The minimum absolute atomic E-state index is 0.443. The van der Waals surface area contributed by atoms with Crippen molar-refractivity contribution in [2.45, 2.75) is 31.6 Å². The topological polar surface area (TPSA) is 38.3 Å². The van der Waals surface area contributed by atoms with Crippen LogP contribution in [0.15, 0.2) is 54.6 Å². The van der Waals surface area contributed by atoms with E-state index in [4.69, 9.17) is 4.74 Å². The minimum atomic E-state index is -0.443. The summed E-state index contributed by atoms with van der Waals surface area (Å²) in [6, 6.07) is 17.4. The molecule has 0 spiro atoms. The van der Waals surface area contributed by atoms with Gasteiger partial charge in [0.15, 0.2) is 0 Å². The molecule has 118 valence electrons. The summed E-state index contributed by atoms with van der Waals surface area (Å²) in [6.45, 7) is 0. The molecule has 2 saturated carbocycles. The molecule has 0 aromatic heterocycles. The number of anilines is 1. The Hall–Kier alpha value is -2.29. The van der Waals surface area contributed by atoms with Crippen LogP contribution in [0.4, 0.5) is 10.5 Å². The highest BCUT2D eigenvalue weighted by Gasteiger charge is 2.40. The molecule has 2 aromatic carbocycles. The molecular formula is C20H21NO2. The number of hydrogen-bond donors (Lipinski definition) is 1. The maximum absolute atomic E-state index is 12.0. The molecule has 2 bridgehead atoms. The number of rotatable bonds is 3. The van der Waals surface area contributed by atoms with E-state index in [1.54, 1.807) is 0 Å². The summed E-state index contributed by atoms with van der Waals surface area (Å²) >= 11 is 0. The largest absolute Gasteiger partial charge is 0.417 e. The Labute approximate surface area is 136 Å². The van der Waals surface area contributed by atoms with Crippen LogP contribution >= 0.6 is 0 Å². The van der Waals surface area contributed by atoms with E-state index in [0.717, 1.165) is 17.5 Å². The first-order chi connectivity index (χ1) is 11.3. The van der Waals surface area contributed by atoms with Gasteiger partial charge in [0.25, 0.3) is 0 Å². The summed E-state index contributed by atoms with van der Waals surface area (Å²) in [5.41, 5.74) is 2.06. The van der Waals surface area contributed by atoms with Crippen LogP contribution in [0.25, 0.3) is 0 Å². The monoisotopic (exact) mass is 307 g/mol. The molecule has 3 nitrogen and oxygen atoms in total. The van der Waals surface area contributed by atoms with Crippen molar-refractivity contribution in [3.63, 3.8) is 0 Å². The van der Waals surface area contributed by atoms with Gasteiger partial charge in [-0.3, -0.25) is 5.32 Å². The van der Waals surface area contributed by atoms with E-state index in [1.165, 1.54) is 31.2 Å². The molecule has 0 aliphatic heterocycles. The van der Waals surface area contributed by atoms with Gasteiger partial charge in [-0.05, 0) is 66.8 Å². The fraction of sp³-hybridized carbons (Fsp3) is 0.350. The van der Waals surface area contributed by atoms with Gasteiger partial charge in [-0.1, -0.05) is 36.8 Å². The number of carbonyl (C=O) groups excluding carboxylic acids is 1. The highest BCUT2D eigenvalue weighted by Crippen LogP contribution is 2.53. The molecule has 4 rings (SSSR count). The molecular weight excluding hydrogens is 286 g/mol. The van der Waals surface area contributed by atoms with E-state index >= 15 is 0 Å². The fourth-order valence-corrected chi connectivity index (χ4v) is 4.23. The number of carbonyl (C=O) groups is 1. The minimum Gasteiger partial charge on any atom is -0.410 e. The van der Waals surface area contributed by atoms with Gasteiger partial charge < -0.3 is 4.74 Å². The predicted molar refractivity (Wildman–Crippen MR) is 90.7 cm³/mol. The second-order valence-electron chi connectivity index (χ2n) is 6.73. The third-order valence-corrected chi connectivity index (χ3v) is 5.26. The molecule has 3 atom stereocenters. The van der Waals surface area contributed by atoms with Crippen molar-refractivity contribution in [2.24, 2.45) is 11.8 Å². The molecule has 2 aliphatic carbocycles. The number of nitrogens with one attached hydrogen (secondary N) is 1. The van der Waals surface area contributed by atoms with Crippen molar-refractivity contribution in [1.29, 1.82) is 0 Å². The van der Waals surface area contributed by atoms with Gasteiger partial charge in [0.1, 0.15) is 5.75 Å². The summed E-state index contributed by atoms with van der Waals surface area (Å²) in [4.78, 5) is 12.0. The molecule has 1 amide bonds. The lowest BCUT2D eigenvalue weighted by Gasteiger charge is -2.22. The van der Waals surface area contributed by atoms with Gasteiger partial charge in [-0.25, -0.2) is 4.79 Å². The van der Waals surface area contributed by atoms with E-state index in [1.807, 2.05) is 48.5 Å². The first-order valence-corrected chi connectivity index (χ1v) is 8.42. The number of para-hydroxylation sites is 1. The van der Waals surface area contributed by atoms with Gasteiger partial charge in [0.2, 0.25) is 0 Å². The highest BCUT2D eigenvalue weighted by molar-refractivity contribution is 5.86. The molecule has 0 unspecified atom stereocenters. The molecule has 0 heterocycles. The maximum Gasteiger partial charge on any atom is 0.417 e. The normalized spacial score (nSPS) is 25.3. The SMILES string of the molecule is O=C(Nc1ccccc1)Oc1cccc([C@H]2C[C@@H]3CC[C@H]2C3)c1.